The summed E-state index contributed by atoms with van der Waals surface area (Å²) in [6.07, 6.45) is 0.906. The molecule has 0 aliphatic heterocycles. The second kappa shape index (κ2) is 2.92. The monoisotopic (exact) mass is 193 g/mol. The summed E-state index contributed by atoms with van der Waals surface area (Å²) >= 11 is 1.63. The molecule has 1 aromatic heterocycles. The molecule has 0 unspecified atom stereocenters. The van der Waals surface area contributed by atoms with E-state index in [-0.39, 0.29) is 5.75 Å². The van der Waals surface area contributed by atoms with Crippen LogP contribution < -0.4 is 5.73 Å². The van der Waals surface area contributed by atoms with Crippen LogP contribution in [-0.2, 0) is 6.42 Å². The van der Waals surface area contributed by atoms with Crippen molar-refractivity contribution in [3.63, 3.8) is 0 Å². The fourth-order valence-electron chi connectivity index (χ4n) is 1.55. The average molecular weight is 193 g/mol. The number of fused-ring (bicyclic) bond motifs is 1. The lowest BCUT2D eigenvalue weighted by Gasteiger charge is -2.05. The van der Waals surface area contributed by atoms with Crippen LogP contribution in [0.15, 0.2) is 17.5 Å². The third-order valence-corrected chi connectivity index (χ3v) is 3.18. The van der Waals surface area contributed by atoms with Gasteiger partial charge < -0.3 is 10.8 Å². The molecule has 0 radical (unpaired) electrons. The van der Waals surface area contributed by atoms with Crippen LogP contribution in [0, 0.1) is 0 Å². The third-order valence-electron chi connectivity index (χ3n) is 2.21. The van der Waals surface area contributed by atoms with E-state index in [1.165, 1.54) is 0 Å². The van der Waals surface area contributed by atoms with Gasteiger partial charge in [-0.2, -0.15) is 0 Å². The Morgan fingerprint density at radius 2 is 2.31 bits per heavy atom. The molecule has 2 aromatic rings. The molecule has 0 spiro atoms. The highest BCUT2D eigenvalue weighted by Crippen LogP contribution is 2.35. The summed E-state index contributed by atoms with van der Waals surface area (Å²) in [6, 6.07) is 3.56. The predicted molar refractivity (Wildman–Crippen MR) is 57.3 cm³/mol. The number of anilines is 1. The Balaban J connectivity index is 2.88. The zero-order valence-corrected chi connectivity index (χ0v) is 8.19. The number of rotatable bonds is 1. The van der Waals surface area contributed by atoms with Gasteiger partial charge in [-0.3, -0.25) is 0 Å². The Kier molecular flexibility index (Phi) is 1.88. The molecule has 2 rings (SSSR count). The zero-order valence-electron chi connectivity index (χ0n) is 7.37. The van der Waals surface area contributed by atoms with E-state index in [0.717, 1.165) is 22.1 Å². The highest BCUT2D eigenvalue weighted by atomic mass is 32.1. The fourth-order valence-corrected chi connectivity index (χ4v) is 2.60. The molecule has 0 atom stereocenters. The maximum atomic E-state index is 9.59. The summed E-state index contributed by atoms with van der Waals surface area (Å²) in [7, 11) is 0. The van der Waals surface area contributed by atoms with Crippen LogP contribution in [0.25, 0.3) is 10.1 Å². The molecule has 3 N–H and O–H groups in total. The van der Waals surface area contributed by atoms with Crippen LogP contribution in [-0.4, -0.2) is 5.11 Å². The Morgan fingerprint density at radius 3 is 3.00 bits per heavy atom. The third kappa shape index (κ3) is 1.16. The van der Waals surface area contributed by atoms with Gasteiger partial charge in [-0.25, -0.2) is 0 Å². The Bertz CT molecular complexity index is 447. The number of nitrogen functional groups attached to an aromatic ring is 1. The summed E-state index contributed by atoms with van der Waals surface area (Å²) in [5.41, 5.74) is 7.64. The molecule has 1 aromatic carbocycles. The van der Waals surface area contributed by atoms with E-state index < -0.39 is 0 Å². The van der Waals surface area contributed by atoms with E-state index in [9.17, 15) is 5.11 Å². The molecular weight excluding hydrogens is 182 g/mol. The van der Waals surface area contributed by atoms with Gasteiger partial charge in [0.05, 0.1) is 0 Å². The smallest absolute Gasteiger partial charge is 0.126 e. The Morgan fingerprint density at radius 1 is 1.54 bits per heavy atom. The normalized spacial score (nSPS) is 10.8. The number of phenols is 1. The van der Waals surface area contributed by atoms with Crippen molar-refractivity contribution < 1.29 is 5.11 Å². The molecule has 0 amide bonds. The van der Waals surface area contributed by atoms with Gasteiger partial charge in [0.1, 0.15) is 5.75 Å². The lowest BCUT2D eigenvalue weighted by Crippen LogP contribution is -1.92. The van der Waals surface area contributed by atoms with Gasteiger partial charge in [0.2, 0.25) is 0 Å². The topological polar surface area (TPSA) is 46.2 Å². The van der Waals surface area contributed by atoms with Crippen molar-refractivity contribution in [3.05, 3.63) is 23.1 Å². The van der Waals surface area contributed by atoms with E-state index in [2.05, 4.69) is 6.92 Å². The summed E-state index contributed by atoms with van der Waals surface area (Å²) in [5.74, 6) is 0.283. The maximum Gasteiger partial charge on any atom is 0.126 e. The van der Waals surface area contributed by atoms with Gasteiger partial charge in [0.15, 0.2) is 0 Å². The molecule has 3 heteroatoms. The van der Waals surface area contributed by atoms with E-state index in [1.54, 1.807) is 17.4 Å². The van der Waals surface area contributed by atoms with Crippen molar-refractivity contribution in [3.8, 4) is 5.75 Å². The van der Waals surface area contributed by atoms with Gasteiger partial charge >= 0.3 is 0 Å². The first-order valence-corrected chi connectivity index (χ1v) is 5.09. The van der Waals surface area contributed by atoms with Gasteiger partial charge in [-0.1, -0.05) is 6.92 Å². The first-order chi connectivity index (χ1) is 6.24. The molecule has 0 saturated carbocycles. The summed E-state index contributed by atoms with van der Waals surface area (Å²) < 4.78 is 1.11. The molecule has 0 aliphatic rings. The van der Waals surface area contributed by atoms with Crippen LogP contribution >= 0.6 is 11.3 Å². The lowest BCUT2D eigenvalue weighted by atomic mass is 10.1. The minimum absolute atomic E-state index is 0.283. The van der Waals surface area contributed by atoms with Crippen molar-refractivity contribution in [2.45, 2.75) is 13.3 Å². The Hall–Kier alpha value is -1.22. The van der Waals surface area contributed by atoms with Gasteiger partial charge in [-0.15, -0.1) is 11.3 Å². The zero-order chi connectivity index (χ0) is 9.42. The quantitative estimate of drug-likeness (QED) is 0.684. The van der Waals surface area contributed by atoms with E-state index in [1.807, 2.05) is 11.4 Å². The highest BCUT2D eigenvalue weighted by Gasteiger charge is 2.08. The van der Waals surface area contributed by atoms with Crippen LogP contribution in [0.1, 0.15) is 12.5 Å². The Labute approximate surface area is 80.6 Å². The van der Waals surface area contributed by atoms with Crippen molar-refractivity contribution in [2.24, 2.45) is 0 Å². The van der Waals surface area contributed by atoms with Crippen LogP contribution in [0.4, 0.5) is 5.69 Å². The van der Waals surface area contributed by atoms with E-state index in [0.29, 0.717) is 5.69 Å². The number of aromatic hydroxyl groups is 1. The summed E-state index contributed by atoms with van der Waals surface area (Å²) in [6.45, 7) is 2.07. The second-order valence-corrected chi connectivity index (χ2v) is 3.90. The highest BCUT2D eigenvalue weighted by molar-refractivity contribution is 7.17. The molecule has 1 heterocycles. The van der Waals surface area contributed by atoms with Crippen LogP contribution in [0.5, 0.6) is 5.75 Å². The number of nitrogens with two attached hydrogens (primary N) is 1. The number of phenolic OH excluding ortho intramolecular Hbond substituents is 1. The van der Waals surface area contributed by atoms with Crippen molar-refractivity contribution in [1.29, 1.82) is 0 Å². The van der Waals surface area contributed by atoms with Crippen molar-refractivity contribution >= 4 is 27.1 Å². The number of hydrogen-bond acceptors (Lipinski definition) is 3. The predicted octanol–water partition coefficient (Wildman–Crippen LogP) is 2.75. The molecule has 68 valence electrons. The molecular formula is C10H11NOS. The molecule has 0 fully saturated rings. The fraction of sp³-hybridized carbons (Fsp3) is 0.200. The summed E-state index contributed by atoms with van der Waals surface area (Å²) in [4.78, 5) is 0. The SMILES string of the molecule is CCc1c(N)cc(O)c2ccsc12. The van der Waals surface area contributed by atoms with Crippen molar-refractivity contribution in [1.82, 2.24) is 0 Å². The molecule has 0 bridgehead atoms. The minimum atomic E-state index is 0.283. The average Bonchev–Trinajstić information content (AvgIpc) is 2.53. The maximum absolute atomic E-state index is 9.59. The number of hydrogen-bond donors (Lipinski definition) is 2. The first-order valence-electron chi connectivity index (χ1n) is 4.21. The van der Waals surface area contributed by atoms with E-state index >= 15 is 0 Å². The van der Waals surface area contributed by atoms with Crippen LogP contribution in [0.2, 0.25) is 0 Å². The van der Waals surface area contributed by atoms with Gasteiger partial charge in [0, 0.05) is 21.8 Å². The number of aryl methyl sites for hydroxylation is 1. The van der Waals surface area contributed by atoms with Crippen LogP contribution in [0.3, 0.4) is 0 Å². The largest absolute Gasteiger partial charge is 0.507 e. The molecule has 0 saturated heterocycles. The minimum Gasteiger partial charge on any atom is -0.507 e. The van der Waals surface area contributed by atoms with E-state index in [4.69, 9.17) is 5.73 Å². The second-order valence-electron chi connectivity index (χ2n) is 2.98. The van der Waals surface area contributed by atoms with Crippen molar-refractivity contribution in [2.75, 3.05) is 5.73 Å². The van der Waals surface area contributed by atoms with Gasteiger partial charge in [0.25, 0.3) is 0 Å². The first kappa shape index (κ1) is 8.38. The standard InChI is InChI=1S/C10H11NOS/c1-2-6-8(11)5-9(12)7-3-4-13-10(6)7/h3-5,12H,2,11H2,1H3. The lowest BCUT2D eigenvalue weighted by molar-refractivity contribution is 0.482. The molecule has 2 nitrogen and oxygen atoms in total. The summed E-state index contributed by atoms with van der Waals surface area (Å²) in [5, 5.41) is 12.5. The number of benzene rings is 1. The molecule has 0 aliphatic carbocycles. The number of thiophene rings is 1. The van der Waals surface area contributed by atoms with Gasteiger partial charge in [-0.05, 0) is 23.4 Å². The molecule has 13 heavy (non-hydrogen) atoms.